The maximum absolute atomic E-state index is 14.6. The Morgan fingerprint density at radius 2 is 2.06 bits per heavy atom. The first-order valence-corrected chi connectivity index (χ1v) is 10.3. The van der Waals surface area contributed by atoms with Crippen molar-refractivity contribution in [1.29, 1.82) is 0 Å². The molecule has 0 amide bonds. The van der Waals surface area contributed by atoms with Gasteiger partial charge in [-0.15, -0.1) is 5.10 Å². The van der Waals surface area contributed by atoms with Gasteiger partial charge in [-0.2, -0.15) is 5.10 Å². The Morgan fingerprint density at radius 1 is 1.25 bits per heavy atom. The minimum Gasteiger partial charge on any atom is -0.396 e. The van der Waals surface area contributed by atoms with E-state index in [-0.39, 0.29) is 41.6 Å². The standard InChI is InChI=1S/C22H20F2N6O2/c23-15-4-2-13(3-5-15)17-8-14-10-27-30(24)18-9-16(32)11-25-21(19(14)18)20(17)22-26-12-28-29(22)6-1-7-31/h2-5,8-10,12,17,20,25,31H,1,6-7,11H2. The first kappa shape index (κ1) is 20.3. The smallest absolute Gasteiger partial charge is 0.176 e. The Labute approximate surface area is 182 Å². The predicted molar refractivity (Wildman–Crippen MR) is 111 cm³/mol. The topological polar surface area (TPSA) is 95.6 Å². The Kier molecular flexibility index (Phi) is 5.14. The Morgan fingerprint density at radius 3 is 2.84 bits per heavy atom. The van der Waals surface area contributed by atoms with E-state index in [1.807, 2.05) is 6.08 Å². The van der Waals surface area contributed by atoms with Crippen LogP contribution in [0.5, 0.6) is 0 Å². The fraction of sp³-hybridized carbons (Fsp3) is 0.273. The van der Waals surface area contributed by atoms with E-state index in [0.717, 1.165) is 5.56 Å². The first-order valence-electron chi connectivity index (χ1n) is 10.3. The molecule has 2 atom stereocenters. The van der Waals surface area contributed by atoms with Crippen molar-refractivity contribution in [2.75, 3.05) is 13.2 Å². The molecule has 0 radical (unpaired) electrons. The number of aromatic nitrogens is 3. The molecular weight excluding hydrogens is 418 g/mol. The summed E-state index contributed by atoms with van der Waals surface area (Å²) in [6.07, 6.45) is 6.50. The summed E-state index contributed by atoms with van der Waals surface area (Å²) in [5.74, 6) is -0.793. The van der Waals surface area contributed by atoms with Crippen molar-refractivity contribution in [3.05, 3.63) is 82.5 Å². The lowest BCUT2D eigenvalue weighted by Crippen LogP contribution is -2.33. The van der Waals surface area contributed by atoms with Crippen LogP contribution < -0.4 is 5.32 Å². The average molecular weight is 438 g/mol. The van der Waals surface area contributed by atoms with Gasteiger partial charge in [0.05, 0.1) is 18.7 Å². The van der Waals surface area contributed by atoms with Crippen LogP contribution in [0.3, 0.4) is 0 Å². The number of halogens is 2. The highest BCUT2D eigenvalue weighted by molar-refractivity contribution is 5.97. The zero-order chi connectivity index (χ0) is 22.2. The van der Waals surface area contributed by atoms with Gasteiger partial charge in [0.15, 0.2) is 5.78 Å². The minimum absolute atomic E-state index is 0.00370. The van der Waals surface area contributed by atoms with Crippen molar-refractivity contribution in [3.63, 3.8) is 0 Å². The van der Waals surface area contributed by atoms with Crippen LogP contribution in [-0.4, -0.2) is 50.3 Å². The van der Waals surface area contributed by atoms with Crippen molar-refractivity contribution in [2.45, 2.75) is 24.8 Å². The van der Waals surface area contributed by atoms with Crippen molar-refractivity contribution in [1.82, 2.24) is 25.3 Å². The summed E-state index contributed by atoms with van der Waals surface area (Å²) in [5.41, 5.74) is 2.71. The highest BCUT2D eigenvalue weighted by Crippen LogP contribution is 2.47. The summed E-state index contributed by atoms with van der Waals surface area (Å²) in [5, 5.41) is 20.7. The number of allylic oxidation sites excluding steroid dienone is 3. The number of carbonyl (C=O) groups is 1. The number of aliphatic hydroxyl groups is 1. The highest BCUT2D eigenvalue weighted by Gasteiger charge is 2.41. The van der Waals surface area contributed by atoms with Gasteiger partial charge in [0.1, 0.15) is 23.7 Å². The van der Waals surface area contributed by atoms with Crippen molar-refractivity contribution in [3.8, 4) is 0 Å². The second-order valence-electron chi connectivity index (χ2n) is 7.74. The van der Waals surface area contributed by atoms with Gasteiger partial charge in [-0.05, 0) is 24.1 Å². The van der Waals surface area contributed by atoms with Crippen LogP contribution in [0.25, 0.3) is 0 Å². The van der Waals surface area contributed by atoms with E-state index in [1.54, 1.807) is 16.8 Å². The first-order chi connectivity index (χ1) is 15.6. The van der Waals surface area contributed by atoms with Gasteiger partial charge in [0.25, 0.3) is 0 Å². The van der Waals surface area contributed by atoms with E-state index >= 15 is 0 Å². The largest absolute Gasteiger partial charge is 0.396 e. The molecule has 2 aliphatic heterocycles. The number of nitrogens with one attached hydrogen (secondary N) is 1. The number of carbonyl (C=O) groups excluding carboxylic acids is 1. The van der Waals surface area contributed by atoms with Gasteiger partial charge < -0.3 is 10.4 Å². The van der Waals surface area contributed by atoms with Crippen LogP contribution in [0.2, 0.25) is 0 Å². The van der Waals surface area contributed by atoms with Crippen LogP contribution in [-0.2, 0) is 11.3 Å². The molecule has 2 unspecified atom stereocenters. The lowest BCUT2D eigenvalue weighted by Gasteiger charge is -2.35. The average Bonchev–Trinajstić information content (AvgIpc) is 3.18. The molecule has 0 saturated carbocycles. The lowest BCUT2D eigenvalue weighted by molar-refractivity contribution is -0.113. The third kappa shape index (κ3) is 3.42. The molecule has 2 aromatic rings. The number of aryl methyl sites for hydroxylation is 1. The zero-order valence-corrected chi connectivity index (χ0v) is 16.9. The molecule has 3 heterocycles. The maximum Gasteiger partial charge on any atom is 0.176 e. The maximum atomic E-state index is 14.6. The predicted octanol–water partition coefficient (Wildman–Crippen LogP) is 2.10. The summed E-state index contributed by atoms with van der Waals surface area (Å²) in [6.45, 7) is 0.424. The van der Waals surface area contributed by atoms with Crippen molar-refractivity contribution >= 4 is 12.0 Å². The molecule has 1 aromatic carbocycles. The van der Waals surface area contributed by atoms with E-state index in [0.29, 0.717) is 35.6 Å². The normalized spacial score (nSPS) is 22.2. The molecule has 5 rings (SSSR count). The number of hydrazone groups is 1. The number of rotatable bonds is 5. The SMILES string of the molecule is O=C1C=C2C3=C(NC1)C(c1ncnn1CCCO)C(c1ccc(F)cc1)C=C3C=NN2F. The van der Waals surface area contributed by atoms with E-state index in [4.69, 9.17) is 0 Å². The van der Waals surface area contributed by atoms with Crippen LogP contribution >= 0.6 is 0 Å². The quantitative estimate of drug-likeness (QED) is 0.695. The van der Waals surface area contributed by atoms with Crippen LogP contribution in [0.1, 0.15) is 29.6 Å². The minimum atomic E-state index is -0.449. The van der Waals surface area contributed by atoms with Crippen LogP contribution in [0, 0.1) is 5.82 Å². The molecule has 8 nitrogen and oxygen atoms in total. The third-order valence-corrected chi connectivity index (χ3v) is 5.80. The molecular formula is C22H20F2N6O2. The number of ketones is 1. The number of hydrogen-bond donors (Lipinski definition) is 2. The molecule has 1 aliphatic carbocycles. The lowest BCUT2D eigenvalue weighted by atomic mass is 9.74. The molecule has 32 heavy (non-hydrogen) atoms. The molecule has 164 valence electrons. The zero-order valence-electron chi connectivity index (χ0n) is 16.9. The Bertz CT molecular complexity index is 1180. The van der Waals surface area contributed by atoms with E-state index in [2.05, 4.69) is 20.5 Å². The Hall–Kier alpha value is -3.66. The molecule has 0 fully saturated rings. The van der Waals surface area contributed by atoms with Gasteiger partial charge in [-0.25, -0.2) is 14.1 Å². The Balaban J connectivity index is 1.71. The van der Waals surface area contributed by atoms with E-state index in [9.17, 15) is 18.8 Å². The fourth-order valence-corrected chi connectivity index (χ4v) is 4.40. The summed E-state index contributed by atoms with van der Waals surface area (Å²) < 4.78 is 29.9. The second-order valence-corrected chi connectivity index (χ2v) is 7.74. The van der Waals surface area contributed by atoms with Gasteiger partial charge in [0, 0.05) is 42.0 Å². The monoisotopic (exact) mass is 438 g/mol. The number of aliphatic hydroxyl groups excluding tert-OH is 1. The fourth-order valence-electron chi connectivity index (χ4n) is 4.40. The second kappa shape index (κ2) is 8.12. The molecule has 0 spiro atoms. The van der Waals surface area contributed by atoms with Gasteiger partial charge >= 0.3 is 0 Å². The summed E-state index contributed by atoms with van der Waals surface area (Å²) in [7, 11) is 0. The summed E-state index contributed by atoms with van der Waals surface area (Å²) in [4.78, 5) is 16.8. The molecule has 0 saturated heterocycles. The van der Waals surface area contributed by atoms with Gasteiger partial charge in [-0.3, -0.25) is 4.79 Å². The van der Waals surface area contributed by atoms with Crippen molar-refractivity contribution in [2.24, 2.45) is 5.10 Å². The molecule has 0 bridgehead atoms. The third-order valence-electron chi connectivity index (χ3n) is 5.80. The van der Waals surface area contributed by atoms with Gasteiger partial charge in [-0.1, -0.05) is 27.9 Å². The molecule has 10 heteroatoms. The molecule has 2 N–H and O–H groups in total. The van der Waals surface area contributed by atoms with Crippen molar-refractivity contribution < 1.29 is 18.8 Å². The number of benzene rings is 1. The summed E-state index contributed by atoms with van der Waals surface area (Å²) >= 11 is 0. The summed E-state index contributed by atoms with van der Waals surface area (Å²) in [6, 6.07) is 6.17. The number of nitrogens with zero attached hydrogens (tertiary/aromatic N) is 5. The van der Waals surface area contributed by atoms with E-state index in [1.165, 1.54) is 30.8 Å². The highest BCUT2D eigenvalue weighted by atomic mass is 19.2. The van der Waals surface area contributed by atoms with E-state index < -0.39 is 5.92 Å². The molecule has 3 aliphatic rings. The van der Waals surface area contributed by atoms with Crippen LogP contribution in [0.4, 0.5) is 8.87 Å². The van der Waals surface area contributed by atoms with Gasteiger partial charge in [0.2, 0.25) is 0 Å². The molecule has 1 aromatic heterocycles. The number of hydrogen-bond acceptors (Lipinski definition) is 7. The van der Waals surface area contributed by atoms with Crippen LogP contribution in [0.15, 0.2) is 70.4 Å².